The molecule has 2 unspecified atom stereocenters. The molecule has 0 aliphatic carbocycles. The third-order valence-electron chi connectivity index (χ3n) is 0.666. The van der Waals surface area contributed by atoms with Gasteiger partial charge in [-0.1, -0.05) is 0 Å². The molecule has 2 heteroatoms. The van der Waals surface area contributed by atoms with Crippen molar-refractivity contribution in [2.24, 2.45) is 0 Å². The molecular weight excluding hydrogens is 112 g/mol. The van der Waals surface area contributed by atoms with Gasteiger partial charge >= 0.3 is 0 Å². The monoisotopic (exact) mass is 122 g/mol. The molecule has 1 nitrogen and oxygen atoms in total. The molecule has 0 aromatic rings. The first-order valence-corrected chi connectivity index (χ1v) is 2.88. The zero-order chi connectivity index (χ0) is 5.86. The van der Waals surface area contributed by atoms with Gasteiger partial charge in [0, 0.05) is 5.38 Å². The molecule has 44 valence electrons. The number of halogens is 1. The highest BCUT2D eigenvalue weighted by Gasteiger charge is 1.99. The molecule has 0 aromatic heterocycles. The van der Waals surface area contributed by atoms with Gasteiger partial charge in [0.1, 0.15) is 0 Å². The van der Waals surface area contributed by atoms with E-state index in [9.17, 15) is 0 Å². The van der Waals surface area contributed by atoms with Gasteiger partial charge in [-0.2, -0.15) is 0 Å². The summed E-state index contributed by atoms with van der Waals surface area (Å²) >= 11 is 5.51. The normalized spacial score (nSPS) is 18.9. The van der Waals surface area contributed by atoms with Crippen molar-refractivity contribution in [3.8, 4) is 0 Å². The van der Waals surface area contributed by atoms with E-state index in [1.165, 1.54) is 0 Å². The summed E-state index contributed by atoms with van der Waals surface area (Å²) in [7, 11) is 0. The van der Waals surface area contributed by atoms with E-state index in [2.05, 4.69) is 0 Å². The molecule has 0 spiro atoms. The first-order chi connectivity index (χ1) is 3.13. The Balaban J connectivity index is 2.95. The fraction of sp³-hybridized carbons (Fsp3) is 1.00. The number of hydrogen-bond donors (Lipinski definition) is 1. The molecule has 1 N–H and O–H groups in total. The van der Waals surface area contributed by atoms with Crippen LogP contribution in [0.1, 0.15) is 20.3 Å². The predicted molar refractivity (Wildman–Crippen MR) is 31.6 cm³/mol. The topological polar surface area (TPSA) is 20.2 Å². The average molecular weight is 123 g/mol. The Kier molecular flexibility index (Phi) is 3.39. The van der Waals surface area contributed by atoms with E-state index in [0.717, 1.165) is 0 Å². The van der Waals surface area contributed by atoms with Gasteiger partial charge in [0.25, 0.3) is 0 Å². The van der Waals surface area contributed by atoms with E-state index in [1.54, 1.807) is 6.92 Å². The summed E-state index contributed by atoms with van der Waals surface area (Å²) in [6.07, 6.45) is 0.425. The molecular formula is C5H11ClO. The number of aliphatic hydroxyl groups excluding tert-OH is 1. The first-order valence-electron chi connectivity index (χ1n) is 2.45. The van der Waals surface area contributed by atoms with Crippen molar-refractivity contribution in [3.63, 3.8) is 0 Å². The summed E-state index contributed by atoms with van der Waals surface area (Å²) in [5, 5.41) is 8.74. The number of aliphatic hydroxyl groups is 1. The lowest BCUT2D eigenvalue weighted by Gasteiger charge is -2.02. The Morgan fingerprint density at radius 3 is 2.00 bits per heavy atom. The van der Waals surface area contributed by atoms with Crippen LogP contribution < -0.4 is 0 Å². The van der Waals surface area contributed by atoms with Crippen LogP contribution >= 0.6 is 11.6 Å². The molecule has 0 bridgehead atoms. The molecule has 0 aliphatic rings. The zero-order valence-electron chi connectivity index (χ0n) is 4.69. The van der Waals surface area contributed by atoms with Crippen LogP contribution in [0.15, 0.2) is 0 Å². The molecule has 0 saturated carbocycles. The standard InChI is InChI=1S/C5H11ClO/c1-4(6)3-5(2)7/h4-5,7H,3H2,1-2H3. The number of alkyl halides is 1. The highest BCUT2D eigenvalue weighted by molar-refractivity contribution is 6.20. The lowest BCUT2D eigenvalue weighted by Crippen LogP contribution is -2.05. The molecule has 0 radical (unpaired) electrons. The molecule has 0 rings (SSSR count). The third-order valence-corrected chi connectivity index (χ3v) is 0.844. The SMILES string of the molecule is CC(O)CC(C)Cl. The predicted octanol–water partition coefficient (Wildman–Crippen LogP) is 1.38. The van der Waals surface area contributed by atoms with Gasteiger partial charge in [-0.25, -0.2) is 0 Å². The van der Waals surface area contributed by atoms with Crippen molar-refractivity contribution >= 4 is 11.6 Å². The van der Waals surface area contributed by atoms with Crippen LogP contribution in [0.3, 0.4) is 0 Å². The molecule has 0 aliphatic heterocycles. The second kappa shape index (κ2) is 3.28. The van der Waals surface area contributed by atoms with Crippen LogP contribution in [-0.2, 0) is 0 Å². The second-order valence-electron chi connectivity index (χ2n) is 1.87. The van der Waals surface area contributed by atoms with Crippen LogP contribution in [0.5, 0.6) is 0 Å². The van der Waals surface area contributed by atoms with Crippen molar-refractivity contribution in [1.29, 1.82) is 0 Å². The fourth-order valence-corrected chi connectivity index (χ4v) is 0.728. The quantitative estimate of drug-likeness (QED) is 0.549. The molecule has 2 atom stereocenters. The summed E-state index contributed by atoms with van der Waals surface area (Å²) in [5.41, 5.74) is 0. The van der Waals surface area contributed by atoms with Crippen molar-refractivity contribution in [1.82, 2.24) is 0 Å². The maximum Gasteiger partial charge on any atom is 0.0526 e. The smallest absolute Gasteiger partial charge is 0.0526 e. The van der Waals surface area contributed by atoms with Crippen molar-refractivity contribution in [2.75, 3.05) is 0 Å². The van der Waals surface area contributed by atoms with Crippen LogP contribution in [0.2, 0.25) is 0 Å². The highest BCUT2D eigenvalue weighted by Crippen LogP contribution is 2.02. The maximum absolute atomic E-state index is 8.64. The minimum atomic E-state index is -0.257. The van der Waals surface area contributed by atoms with Crippen LogP contribution in [0.4, 0.5) is 0 Å². The van der Waals surface area contributed by atoms with Gasteiger partial charge < -0.3 is 5.11 Å². The lowest BCUT2D eigenvalue weighted by molar-refractivity contribution is 0.184. The van der Waals surface area contributed by atoms with Gasteiger partial charge in [-0.3, -0.25) is 0 Å². The lowest BCUT2D eigenvalue weighted by atomic mass is 10.2. The third kappa shape index (κ3) is 6.25. The van der Waals surface area contributed by atoms with Crippen LogP contribution in [0, 0.1) is 0 Å². The van der Waals surface area contributed by atoms with E-state index in [1.807, 2.05) is 6.92 Å². The van der Waals surface area contributed by atoms with Crippen molar-refractivity contribution in [3.05, 3.63) is 0 Å². The summed E-state index contributed by atoms with van der Waals surface area (Å²) in [5.74, 6) is 0. The van der Waals surface area contributed by atoms with E-state index in [-0.39, 0.29) is 11.5 Å². The molecule has 0 fully saturated rings. The van der Waals surface area contributed by atoms with E-state index < -0.39 is 0 Å². The summed E-state index contributed by atoms with van der Waals surface area (Å²) in [6.45, 7) is 3.60. The second-order valence-corrected chi connectivity index (χ2v) is 2.61. The minimum Gasteiger partial charge on any atom is -0.393 e. The zero-order valence-corrected chi connectivity index (χ0v) is 5.44. The number of hydrogen-bond acceptors (Lipinski definition) is 1. The molecule has 0 heterocycles. The van der Waals surface area contributed by atoms with Gasteiger partial charge in [-0.05, 0) is 20.3 Å². The van der Waals surface area contributed by atoms with Crippen molar-refractivity contribution < 1.29 is 5.11 Å². The fourth-order valence-electron chi connectivity index (χ4n) is 0.470. The van der Waals surface area contributed by atoms with Gasteiger partial charge in [0.2, 0.25) is 0 Å². The Hall–Kier alpha value is 0.250. The summed E-state index contributed by atoms with van der Waals surface area (Å²) < 4.78 is 0. The number of rotatable bonds is 2. The Bertz CT molecular complexity index is 37.3. The van der Waals surface area contributed by atoms with Gasteiger partial charge in [0.05, 0.1) is 6.10 Å². The Labute approximate surface area is 49.3 Å². The first kappa shape index (κ1) is 7.25. The van der Waals surface area contributed by atoms with Crippen LogP contribution in [-0.4, -0.2) is 16.6 Å². The largest absolute Gasteiger partial charge is 0.393 e. The Morgan fingerprint density at radius 2 is 2.00 bits per heavy atom. The van der Waals surface area contributed by atoms with Crippen LogP contribution in [0.25, 0.3) is 0 Å². The van der Waals surface area contributed by atoms with E-state index in [4.69, 9.17) is 16.7 Å². The molecule has 0 aromatic carbocycles. The van der Waals surface area contributed by atoms with Gasteiger partial charge in [0.15, 0.2) is 0 Å². The van der Waals surface area contributed by atoms with E-state index in [0.29, 0.717) is 6.42 Å². The minimum absolute atomic E-state index is 0.0972. The maximum atomic E-state index is 8.64. The van der Waals surface area contributed by atoms with Crippen molar-refractivity contribution in [2.45, 2.75) is 31.7 Å². The highest BCUT2D eigenvalue weighted by atomic mass is 35.5. The summed E-state index contributed by atoms with van der Waals surface area (Å²) in [4.78, 5) is 0. The average Bonchev–Trinajstić information content (AvgIpc) is 1.27. The Morgan fingerprint density at radius 1 is 1.57 bits per heavy atom. The molecule has 0 saturated heterocycles. The van der Waals surface area contributed by atoms with Gasteiger partial charge in [-0.15, -0.1) is 11.6 Å². The summed E-state index contributed by atoms with van der Waals surface area (Å²) in [6, 6.07) is 0. The van der Waals surface area contributed by atoms with E-state index >= 15 is 0 Å². The molecule has 7 heavy (non-hydrogen) atoms. The molecule has 0 amide bonds.